The summed E-state index contributed by atoms with van der Waals surface area (Å²) in [5.74, 6) is 0.943. The lowest BCUT2D eigenvalue weighted by Crippen LogP contribution is -2.37. The molecule has 1 unspecified atom stereocenters. The lowest BCUT2D eigenvalue weighted by atomic mass is 10.0. The second-order valence-electron chi connectivity index (χ2n) is 4.45. The molecule has 2 rings (SSSR count). The van der Waals surface area contributed by atoms with E-state index < -0.39 is 0 Å². The fourth-order valence-electron chi connectivity index (χ4n) is 2.16. The van der Waals surface area contributed by atoms with Gasteiger partial charge in [-0.3, -0.25) is 4.79 Å². The summed E-state index contributed by atoms with van der Waals surface area (Å²) in [5, 5.41) is 0. The maximum absolute atomic E-state index is 12.2. The van der Waals surface area contributed by atoms with Crippen molar-refractivity contribution in [3.05, 3.63) is 35.9 Å². The summed E-state index contributed by atoms with van der Waals surface area (Å²) in [6, 6.07) is 7.73. The Morgan fingerprint density at radius 2 is 2.05 bits per heavy atom. The summed E-state index contributed by atoms with van der Waals surface area (Å²) in [5.41, 5.74) is 2.02. The second kappa shape index (κ2) is 7.08. The van der Waals surface area contributed by atoms with Crippen LogP contribution in [0.4, 0.5) is 0 Å². The summed E-state index contributed by atoms with van der Waals surface area (Å²) in [7, 11) is 1.59. The largest absolute Gasteiger partial charge is 0.468 e. The first-order valence-corrected chi connectivity index (χ1v) is 7.79. The molecule has 0 saturated heterocycles. The van der Waals surface area contributed by atoms with E-state index in [1.807, 2.05) is 36.1 Å². The highest BCUT2D eigenvalue weighted by molar-refractivity contribution is 14.1. The van der Waals surface area contributed by atoms with Crippen LogP contribution in [-0.4, -0.2) is 35.2 Å². The van der Waals surface area contributed by atoms with Gasteiger partial charge in [0.2, 0.25) is 5.91 Å². The van der Waals surface area contributed by atoms with Gasteiger partial charge in [0.15, 0.2) is 6.79 Å². The SMILES string of the molecule is CCN1C(=O)C(I)CC=C1c1ccc(OCOC)cc1. The molecule has 0 bridgehead atoms. The van der Waals surface area contributed by atoms with Gasteiger partial charge in [-0.05, 0) is 43.2 Å². The van der Waals surface area contributed by atoms with Crippen molar-refractivity contribution in [2.45, 2.75) is 17.3 Å². The number of carbonyl (C=O) groups excluding carboxylic acids is 1. The minimum atomic E-state index is 0.0422. The number of hydrogen-bond acceptors (Lipinski definition) is 3. The van der Waals surface area contributed by atoms with Gasteiger partial charge in [0.1, 0.15) is 5.75 Å². The van der Waals surface area contributed by atoms with Gasteiger partial charge >= 0.3 is 0 Å². The van der Waals surface area contributed by atoms with Crippen molar-refractivity contribution in [1.82, 2.24) is 4.90 Å². The molecule has 1 atom stereocenters. The maximum atomic E-state index is 12.2. The molecule has 0 N–H and O–H groups in total. The molecule has 20 heavy (non-hydrogen) atoms. The average Bonchev–Trinajstić information content (AvgIpc) is 2.48. The zero-order valence-corrected chi connectivity index (χ0v) is 13.8. The maximum Gasteiger partial charge on any atom is 0.240 e. The number of nitrogens with zero attached hydrogens (tertiary/aromatic N) is 1. The van der Waals surface area contributed by atoms with E-state index >= 15 is 0 Å². The quantitative estimate of drug-likeness (QED) is 0.443. The van der Waals surface area contributed by atoms with Crippen LogP contribution in [0.2, 0.25) is 0 Å². The van der Waals surface area contributed by atoms with Crippen LogP contribution in [0.5, 0.6) is 5.75 Å². The fourth-order valence-corrected chi connectivity index (χ4v) is 2.75. The molecule has 1 heterocycles. The van der Waals surface area contributed by atoms with Crippen molar-refractivity contribution >= 4 is 34.2 Å². The number of amides is 1. The Labute approximate surface area is 132 Å². The Morgan fingerprint density at radius 1 is 1.35 bits per heavy atom. The number of ether oxygens (including phenoxy) is 2. The number of carbonyl (C=O) groups is 1. The van der Waals surface area contributed by atoms with E-state index in [-0.39, 0.29) is 16.6 Å². The fraction of sp³-hybridized carbons (Fsp3) is 0.400. The molecule has 1 aliphatic heterocycles. The van der Waals surface area contributed by atoms with E-state index in [4.69, 9.17) is 9.47 Å². The second-order valence-corrected chi connectivity index (χ2v) is 5.95. The highest BCUT2D eigenvalue weighted by atomic mass is 127. The minimum Gasteiger partial charge on any atom is -0.468 e. The van der Waals surface area contributed by atoms with Crippen LogP contribution in [0.15, 0.2) is 30.3 Å². The molecule has 0 aliphatic carbocycles. The van der Waals surface area contributed by atoms with Crippen molar-refractivity contribution in [3.63, 3.8) is 0 Å². The predicted octanol–water partition coefficient (Wildman–Crippen LogP) is 3.07. The molecule has 1 aromatic rings. The average molecular weight is 387 g/mol. The molecule has 0 radical (unpaired) electrons. The van der Waals surface area contributed by atoms with Crippen molar-refractivity contribution in [3.8, 4) is 5.75 Å². The normalized spacial score (nSPS) is 18.9. The number of hydrogen-bond donors (Lipinski definition) is 0. The van der Waals surface area contributed by atoms with Gasteiger partial charge in [0, 0.05) is 19.4 Å². The molecule has 0 aromatic heterocycles. The Kier molecular flexibility index (Phi) is 5.42. The minimum absolute atomic E-state index is 0.0422. The highest BCUT2D eigenvalue weighted by Gasteiger charge is 2.27. The summed E-state index contributed by atoms with van der Waals surface area (Å²) >= 11 is 2.20. The number of rotatable bonds is 5. The first kappa shape index (κ1) is 15.3. The Hall–Kier alpha value is -1.08. The number of methoxy groups -OCH3 is 1. The van der Waals surface area contributed by atoms with Crippen molar-refractivity contribution < 1.29 is 14.3 Å². The summed E-state index contributed by atoms with van der Waals surface area (Å²) in [6.07, 6.45) is 2.92. The molecular weight excluding hydrogens is 369 g/mol. The Bertz CT molecular complexity index is 498. The molecular formula is C15H18INO3. The van der Waals surface area contributed by atoms with Crippen LogP contribution in [0.3, 0.4) is 0 Å². The third-order valence-electron chi connectivity index (χ3n) is 3.15. The standard InChI is InChI=1S/C15H18INO3/c1-3-17-14(9-8-13(16)15(17)18)11-4-6-12(7-5-11)20-10-19-2/h4-7,9,13H,3,8,10H2,1-2H3. The van der Waals surface area contributed by atoms with Crippen LogP contribution in [0.1, 0.15) is 18.9 Å². The molecule has 5 heteroatoms. The molecule has 0 spiro atoms. The molecule has 1 amide bonds. The first-order valence-electron chi connectivity index (χ1n) is 6.55. The number of alkyl halides is 1. The van der Waals surface area contributed by atoms with E-state index in [2.05, 4.69) is 28.7 Å². The van der Waals surface area contributed by atoms with E-state index in [1.165, 1.54) is 0 Å². The van der Waals surface area contributed by atoms with Gasteiger partial charge in [-0.1, -0.05) is 28.7 Å². The molecule has 4 nitrogen and oxygen atoms in total. The van der Waals surface area contributed by atoms with Crippen molar-refractivity contribution in [2.24, 2.45) is 0 Å². The van der Waals surface area contributed by atoms with E-state index in [0.717, 1.165) is 23.4 Å². The monoisotopic (exact) mass is 387 g/mol. The molecule has 1 aliphatic rings. The Morgan fingerprint density at radius 3 is 2.65 bits per heavy atom. The predicted molar refractivity (Wildman–Crippen MR) is 86.7 cm³/mol. The number of allylic oxidation sites excluding steroid dienone is 1. The molecule has 108 valence electrons. The van der Waals surface area contributed by atoms with E-state index in [1.54, 1.807) is 7.11 Å². The molecule has 1 aromatic carbocycles. The summed E-state index contributed by atoms with van der Waals surface area (Å²) in [4.78, 5) is 14.0. The molecule has 0 fully saturated rings. The number of halogens is 1. The van der Waals surface area contributed by atoms with Gasteiger partial charge in [-0.2, -0.15) is 0 Å². The lowest BCUT2D eigenvalue weighted by Gasteiger charge is -2.30. The van der Waals surface area contributed by atoms with Gasteiger partial charge in [-0.25, -0.2) is 0 Å². The van der Waals surface area contributed by atoms with Gasteiger partial charge in [0.05, 0.1) is 3.92 Å². The van der Waals surface area contributed by atoms with Crippen LogP contribution < -0.4 is 4.74 Å². The van der Waals surface area contributed by atoms with Crippen molar-refractivity contribution in [1.29, 1.82) is 0 Å². The Balaban J connectivity index is 2.19. The van der Waals surface area contributed by atoms with Gasteiger partial charge < -0.3 is 14.4 Å². The highest BCUT2D eigenvalue weighted by Crippen LogP contribution is 2.29. The van der Waals surface area contributed by atoms with Crippen LogP contribution in [0, 0.1) is 0 Å². The van der Waals surface area contributed by atoms with Gasteiger partial charge in [0.25, 0.3) is 0 Å². The lowest BCUT2D eigenvalue weighted by molar-refractivity contribution is -0.127. The molecule has 0 saturated carbocycles. The smallest absolute Gasteiger partial charge is 0.240 e. The topological polar surface area (TPSA) is 38.8 Å². The van der Waals surface area contributed by atoms with Crippen LogP contribution in [-0.2, 0) is 9.53 Å². The zero-order chi connectivity index (χ0) is 14.5. The number of benzene rings is 1. The van der Waals surface area contributed by atoms with Gasteiger partial charge in [-0.15, -0.1) is 0 Å². The van der Waals surface area contributed by atoms with E-state index in [0.29, 0.717) is 6.54 Å². The van der Waals surface area contributed by atoms with Crippen molar-refractivity contribution in [2.75, 3.05) is 20.4 Å². The van der Waals surface area contributed by atoms with Crippen LogP contribution >= 0.6 is 22.6 Å². The third kappa shape index (κ3) is 3.32. The van der Waals surface area contributed by atoms with E-state index in [9.17, 15) is 4.79 Å². The van der Waals surface area contributed by atoms with Crippen LogP contribution in [0.25, 0.3) is 5.70 Å². The third-order valence-corrected chi connectivity index (χ3v) is 4.19. The summed E-state index contributed by atoms with van der Waals surface area (Å²) in [6.45, 7) is 2.92. The first-order chi connectivity index (χ1) is 9.67. The summed E-state index contributed by atoms with van der Waals surface area (Å²) < 4.78 is 10.3. The zero-order valence-electron chi connectivity index (χ0n) is 11.6.